The van der Waals surface area contributed by atoms with E-state index in [9.17, 15) is 19.2 Å². The summed E-state index contributed by atoms with van der Waals surface area (Å²) in [5.74, 6) is -0.00148. The highest BCUT2D eigenvalue weighted by Crippen LogP contribution is 2.30. The van der Waals surface area contributed by atoms with Crippen LogP contribution >= 0.6 is 0 Å². The molecule has 2 fully saturated rings. The van der Waals surface area contributed by atoms with Crippen molar-refractivity contribution >= 4 is 23.4 Å². The van der Waals surface area contributed by atoms with Gasteiger partial charge in [-0.2, -0.15) is 0 Å². The Morgan fingerprint density at radius 2 is 1.89 bits per heavy atom. The quantitative estimate of drug-likeness (QED) is 0.812. The van der Waals surface area contributed by atoms with Gasteiger partial charge in [-0.25, -0.2) is 0 Å². The highest BCUT2D eigenvalue weighted by molar-refractivity contribution is 6.08. The van der Waals surface area contributed by atoms with Gasteiger partial charge in [-0.3, -0.25) is 19.2 Å². The summed E-state index contributed by atoms with van der Waals surface area (Å²) in [4.78, 5) is 50.7. The number of Topliss-reactive ketones (excluding diaryl/α,β-unsaturated/α-hetero) is 2. The number of amides is 2. The van der Waals surface area contributed by atoms with E-state index in [1.807, 2.05) is 0 Å². The van der Waals surface area contributed by atoms with Crippen molar-refractivity contribution < 1.29 is 19.2 Å². The average Bonchev–Trinajstić information content (AvgIpc) is 3.30. The van der Waals surface area contributed by atoms with Crippen LogP contribution in [0.4, 0.5) is 0 Å². The van der Waals surface area contributed by atoms with E-state index in [-0.39, 0.29) is 35.8 Å². The van der Waals surface area contributed by atoms with Crippen molar-refractivity contribution in [2.75, 3.05) is 0 Å². The first-order chi connectivity index (χ1) is 13.4. The van der Waals surface area contributed by atoms with E-state index in [1.54, 1.807) is 23.1 Å². The SMILES string of the molecule is C[C@H](NC(=O)c1ccc2c(c1)CN(C1CCC(=O)CC1=O)C2=O)C1CCCC1. The smallest absolute Gasteiger partial charge is 0.255 e. The maximum atomic E-state index is 12.7. The van der Waals surface area contributed by atoms with Gasteiger partial charge in [0.15, 0.2) is 5.78 Å². The fourth-order valence-electron chi connectivity index (χ4n) is 4.79. The molecule has 28 heavy (non-hydrogen) atoms. The number of carbonyl (C=O) groups is 4. The lowest BCUT2D eigenvalue weighted by Crippen LogP contribution is -2.44. The van der Waals surface area contributed by atoms with Crippen molar-refractivity contribution in [1.29, 1.82) is 0 Å². The molecule has 2 amide bonds. The summed E-state index contributed by atoms with van der Waals surface area (Å²) in [5.41, 5.74) is 1.87. The lowest BCUT2D eigenvalue weighted by molar-refractivity contribution is -0.133. The van der Waals surface area contributed by atoms with Crippen molar-refractivity contribution in [2.45, 2.75) is 70.5 Å². The zero-order valence-electron chi connectivity index (χ0n) is 16.2. The Labute approximate surface area is 164 Å². The Bertz CT molecular complexity index is 841. The molecule has 1 aliphatic heterocycles. The third-order valence-corrected chi connectivity index (χ3v) is 6.48. The number of nitrogens with one attached hydrogen (secondary N) is 1. The van der Waals surface area contributed by atoms with E-state index in [2.05, 4.69) is 12.2 Å². The largest absolute Gasteiger partial charge is 0.349 e. The summed E-state index contributed by atoms with van der Waals surface area (Å²) in [6, 6.07) is 4.74. The molecule has 0 bridgehead atoms. The molecule has 6 heteroatoms. The van der Waals surface area contributed by atoms with Crippen LogP contribution in [-0.4, -0.2) is 40.4 Å². The summed E-state index contributed by atoms with van der Waals surface area (Å²) >= 11 is 0. The van der Waals surface area contributed by atoms with Crippen molar-refractivity contribution in [3.05, 3.63) is 34.9 Å². The molecule has 2 atom stereocenters. The van der Waals surface area contributed by atoms with Gasteiger partial charge in [0, 0.05) is 30.1 Å². The molecule has 148 valence electrons. The highest BCUT2D eigenvalue weighted by atomic mass is 16.2. The molecule has 1 N–H and O–H groups in total. The number of rotatable bonds is 4. The van der Waals surface area contributed by atoms with Gasteiger partial charge in [0.05, 0.1) is 12.5 Å². The van der Waals surface area contributed by atoms with Gasteiger partial charge in [0.25, 0.3) is 11.8 Å². The molecule has 2 saturated carbocycles. The summed E-state index contributed by atoms with van der Waals surface area (Å²) in [6.45, 7) is 2.38. The first kappa shape index (κ1) is 18.8. The Morgan fingerprint density at radius 1 is 1.14 bits per heavy atom. The molecule has 4 rings (SSSR count). The zero-order valence-corrected chi connectivity index (χ0v) is 16.2. The first-order valence-electron chi connectivity index (χ1n) is 10.2. The number of benzene rings is 1. The van der Waals surface area contributed by atoms with Crippen LogP contribution in [0, 0.1) is 5.92 Å². The van der Waals surface area contributed by atoms with Crippen molar-refractivity contribution in [3.63, 3.8) is 0 Å². The summed E-state index contributed by atoms with van der Waals surface area (Å²) in [6.07, 6.45) is 5.42. The second kappa shape index (κ2) is 7.49. The van der Waals surface area contributed by atoms with E-state index < -0.39 is 6.04 Å². The number of carbonyl (C=O) groups excluding carboxylic acids is 4. The molecule has 3 aliphatic rings. The lowest BCUT2D eigenvalue weighted by atomic mass is 9.92. The molecular weight excluding hydrogens is 356 g/mol. The fourth-order valence-corrected chi connectivity index (χ4v) is 4.79. The summed E-state index contributed by atoms with van der Waals surface area (Å²) in [5, 5.41) is 3.10. The molecule has 2 aliphatic carbocycles. The molecule has 0 aromatic heterocycles. The predicted octanol–water partition coefficient (Wildman–Crippen LogP) is 2.64. The lowest BCUT2D eigenvalue weighted by Gasteiger charge is -2.29. The zero-order chi connectivity index (χ0) is 19.8. The maximum absolute atomic E-state index is 12.7. The minimum Gasteiger partial charge on any atom is -0.349 e. The van der Waals surface area contributed by atoms with Gasteiger partial charge in [0.1, 0.15) is 5.78 Å². The number of fused-ring (bicyclic) bond motifs is 1. The van der Waals surface area contributed by atoms with Gasteiger partial charge < -0.3 is 10.2 Å². The molecule has 0 radical (unpaired) electrons. The monoisotopic (exact) mass is 382 g/mol. The van der Waals surface area contributed by atoms with E-state index in [0.29, 0.717) is 36.4 Å². The Morgan fingerprint density at radius 3 is 2.61 bits per heavy atom. The average molecular weight is 382 g/mol. The Balaban J connectivity index is 1.46. The predicted molar refractivity (Wildman–Crippen MR) is 103 cm³/mol. The second-order valence-electron chi connectivity index (χ2n) is 8.35. The molecule has 1 unspecified atom stereocenters. The van der Waals surface area contributed by atoms with Crippen LogP contribution < -0.4 is 5.32 Å². The molecule has 1 aromatic carbocycles. The number of hydrogen-bond acceptors (Lipinski definition) is 4. The van der Waals surface area contributed by atoms with Crippen LogP contribution in [0.3, 0.4) is 0 Å². The molecule has 6 nitrogen and oxygen atoms in total. The minimum atomic E-state index is -0.530. The highest BCUT2D eigenvalue weighted by Gasteiger charge is 2.39. The number of hydrogen-bond donors (Lipinski definition) is 1. The van der Waals surface area contributed by atoms with Crippen LogP contribution in [0.25, 0.3) is 0 Å². The van der Waals surface area contributed by atoms with E-state index in [4.69, 9.17) is 0 Å². The standard InChI is InChI=1S/C22H26N2O4/c1-13(14-4-2-3-5-14)23-21(27)15-6-8-18-16(10-15)12-24(22(18)28)19-9-7-17(25)11-20(19)26/h6,8,10,13-14,19H,2-5,7,9,11-12H2,1H3,(H,23,27)/t13-,19?/m0/s1. The molecule has 0 spiro atoms. The first-order valence-corrected chi connectivity index (χ1v) is 10.2. The molecular formula is C22H26N2O4. The summed E-state index contributed by atoms with van der Waals surface area (Å²) in [7, 11) is 0. The van der Waals surface area contributed by atoms with Crippen molar-refractivity contribution in [1.82, 2.24) is 10.2 Å². The van der Waals surface area contributed by atoms with Gasteiger partial charge in [-0.05, 0) is 55.9 Å². The second-order valence-corrected chi connectivity index (χ2v) is 8.35. The van der Waals surface area contributed by atoms with Crippen LogP contribution in [0.5, 0.6) is 0 Å². The number of ketones is 2. The van der Waals surface area contributed by atoms with Gasteiger partial charge >= 0.3 is 0 Å². The maximum Gasteiger partial charge on any atom is 0.255 e. The molecule has 0 saturated heterocycles. The number of nitrogens with zero attached hydrogens (tertiary/aromatic N) is 1. The molecule has 1 heterocycles. The van der Waals surface area contributed by atoms with E-state index in [0.717, 1.165) is 18.4 Å². The fraction of sp³-hybridized carbons (Fsp3) is 0.545. The van der Waals surface area contributed by atoms with Crippen LogP contribution in [0.1, 0.15) is 78.1 Å². The van der Waals surface area contributed by atoms with Crippen LogP contribution in [0.15, 0.2) is 18.2 Å². The van der Waals surface area contributed by atoms with Crippen molar-refractivity contribution in [3.8, 4) is 0 Å². The third-order valence-electron chi connectivity index (χ3n) is 6.48. The van der Waals surface area contributed by atoms with Crippen LogP contribution in [-0.2, 0) is 16.1 Å². The van der Waals surface area contributed by atoms with Gasteiger partial charge in [-0.1, -0.05) is 12.8 Å². The third kappa shape index (κ3) is 3.48. The molecule has 1 aromatic rings. The van der Waals surface area contributed by atoms with Gasteiger partial charge in [-0.15, -0.1) is 0 Å². The Hall–Kier alpha value is -2.50. The van der Waals surface area contributed by atoms with E-state index in [1.165, 1.54) is 12.8 Å². The van der Waals surface area contributed by atoms with Crippen LogP contribution in [0.2, 0.25) is 0 Å². The van der Waals surface area contributed by atoms with Gasteiger partial charge in [0.2, 0.25) is 0 Å². The Kier molecular flexibility index (Phi) is 5.04. The summed E-state index contributed by atoms with van der Waals surface area (Å²) < 4.78 is 0. The van der Waals surface area contributed by atoms with Crippen molar-refractivity contribution in [2.24, 2.45) is 5.92 Å². The van der Waals surface area contributed by atoms with E-state index >= 15 is 0 Å². The topological polar surface area (TPSA) is 83.6 Å². The normalized spacial score (nSPS) is 23.8. The minimum absolute atomic E-state index is 0.0549.